The van der Waals surface area contributed by atoms with Crippen molar-refractivity contribution >= 4 is 0 Å². The summed E-state index contributed by atoms with van der Waals surface area (Å²) in [5.74, 6) is 0.771. The van der Waals surface area contributed by atoms with Crippen LogP contribution in [0.1, 0.15) is 55.7 Å². The standard InChI is InChI=1S/C22H26N2O3/c25-19(20-13-6-21(26)8-14(20)9-22(27,7-13)11-21)5-16-15-3-1-2-4-17(15)24-12-23-10-18(16)24/h1-4,10,12-14,16,19-20,25-27H,5-9,11H2. The van der Waals surface area contributed by atoms with Gasteiger partial charge in [-0.3, -0.25) is 0 Å². The normalized spacial score (nSPS) is 42.2. The molecule has 4 saturated carbocycles. The second-order valence-electron chi connectivity index (χ2n) is 9.64. The van der Waals surface area contributed by atoms with Crippen molar-refractivity contribution in [3.8, 4) is 5.69 Å². The van der Waals surface area contributed by atoms with E-state index in [1.807, 2.05) is 18.6 Å². The Balaban J connectivity index is 1.30. The van der Waals surface area contributed by atoms with E-state index in [0.29, 0.717) is 12.8 Å². The molecule has 4 bridgehead atoms. The topological polar surface area (TPSA) is 78.5 Å². The van der Waals surface area contributed by atoms with Crippen LogP contribution in [-0.2, 0) is 0 Å². The van der Waals surface area contributed by atoms with Crippen LogP contribution in [0.25, 0.3) is 5.69 Å². The number of para-hydroxylation sites is 1. The van der Waals surface area contributed by atoms with E-state index < -0.39 is 17.3 Å². The zero-order chi connectivity index (χ0) is 18.4. The molecule has 2 unspecified atom stereocenters. The van der Waals surface area contributed by atoms with Gasteiger partial charge in [0.05, 0.1) is 35.0 Å². The molecule has 1 aromatic heterocycles. The molecular weight excluding hydrogens is 340 g/mol. The molecule has 5 aliphatic rings. The van der Waals surface area contributed by atoms with Gasteiger partial charge in [-0.1, -0.05) is 18.2 Å². The van der Waals surface area contributed by atoms with E-state index in [2.05, 4.69) is 27.8 Å². The quantitative estimate of drug-likeness (QED) is 0.779. The molecule has 2 aromatic rings. The summed E-state index contributed by atoms with van der Waals surface area (Å²) in [7, 11) is 0. The van der Waals surface area contributed by atoms with Crippen LogP contribution in [0.4, 0.5) is 0 Å². The maximum Gasteiger partial charge on any atom is 0.0994 e. The number of nitrogens with zero attached hydrogens (tertiary/aromatic N) is 2. The third-order valence-corrected chi connectivity index (χ3v) is 7.83. The number of benzene rings is 1. The molecule has 142 valence electrons. The van der Waals surface area contributed by atoms with E-state index in [-0.39, 0.29) is 23.7 Å². The van der Waals surface area contributed by atoms with Gasteiger partial charge in [0, 0.05) is 18.5 Å². The van der Waals surface area contributed by atoms with Crippen molar-refractivity contribution in [2.75, 3.05) is 0 Å². The lowest BCUT2D eigenvalue weighted by Gasteiger charge is -2.62. The van der Waals surface area contributed by atoms with Crippen molar-refractivity contribution in [2.24, 2.45) is 17.8 Å². The van der Waals surface area contributed by atoms with Crippen LogP contribution in [0.2, 0.25) is 0 Å². The minimum atomic E-state index is -0.713. The van der Waals surface area contributed by atoms with Gasteiger partial charge in [0.25, 0.3) is 0 Å². The maximum atomic E-state index is 11.3. The van der Waals surface area contributed by atoms with Crippen LogP contribution in [0, 0.1) is 17.8 Å². The smallest absolute Gasteiger partial charge is 0.0994 e. The monoisotopic (exact) mass is 366 g/mol. The first-order valence-corrected chi connectivity index (χ1v) is 10.2. The van der Waals surface area contributed by atoms with Gasteiger partial charge in [-0.05, 0) is 61.5 Å². The maximum absolute atomic E-state index is 11.3. The summed E-state index contributed by atoms with van der Waals surface area (Å²) in [6, 6.07) is 8.37. The first-order chi connectivity index (χ1) is 12.9. The fourth-order valence-corrected chi connectivity index (χ4v) is 7.29. The predicted octanol–water partition coefficient (Wildman–Crippen LogP) is 2.37. The SMILES string of the molecule is OC(CC1c2ccccc2-n2cncc21)C1C2CC3(O)CC1CC(O)(C2)C3. The second-order valence-corrected chi connectivity index (χ2v) is 9.64. The number of aliphatic hydroxyl groups excluding tert-OH is 1. The summed E-state index contributed by atoms with van der Waals surface area (Å²) in [5, 5.41) is 33.0. The highest BCUT2D eigenvalue weighted by Gasteiger charge is 2.61. The van der Waals surface area contributed by atoms with E-state index in [1.54, 1.807) is 0 Å². The van der Waals surface area contributed by atoms with E-state index >= 15 is 0 Å². The van der Waals surface area contributed by atoms with Gasteiger partial charge in [0.1, 0.15) is 0 Å². The Morgan fingerprint density at radius 1 is 1.07 bits per heavy atom. The van der Waals surface area contributed by atoms with Crippen LogP contribution in [0.5, 0.6) is 0 Å². The molecule has 3 N–H and O–H groups in total. The minimum absolute atomic E-state index is 0.155. The largest absolute Gasteiger partial charge is 0.393 e. The molecule has 1 aliphatic heterocycles. The molecule has 4 fully saturated rings. The van der Waals surface area contributed by atoms with Crippen molar-refractivity contribution in [1.29, 1.82) is 0 Å². The predicted molar refractivity (Wildman–Crippen MR) is 99.5 cm³/mol. The minimum Gasteiger partial charge on any atom is -0.393 e. The summed E-state index contributed by atoms with van der Waals surface area (Å²) in [5.41, 5.74) is 2.15. The van der Waals surface area contributed by atoms with Gasteiger partial charge in [0.15, 0.2) is 0 Å². The molecule has 7 rings (SSSR count). The lowest BCUT2D eigenvalue weighted by Crippen LogP contribution is -2.63. The zero-order valence-electron chi connectivity index (χ0n) is 15.3. The molecule has 2 atom stereocenters. The van der Waals surface area contributed by atoms with Crippen LogP contribution in [0.15, 0.2) is 36.8 Å². The Bertz CT molecular complexity index is 870. The molecule has 0 saturated heterocycles. The van der Waals surface area contributed by atoms with E-state index in [4.69, 9.17) is 0 Å². The molecule has 27 heavy (non-hydrogen) atoms. The van der Waals surface area contributed by atoms with Gasteiger partial charge >= 0.3 is 0 Å². The van der Waals surface area contributed by atoms with Crippen molar-refractivity contribution in [3.05, 3.63) is 48.0 Å². The summed E-state index contributed by atoms with van der Waals surface area (Å²) >= 11 is 0. The van der Waals surface area contributed by atoms with Crippen molar-refractivity contribution in [2.45, 2.75) is 61.7 Å². The Labute approximate surface area is 158 Å². The third-order valence-electron chi connectivity index (χ3n) is 7.83. The number of rotatable bonds is 3. The molecule has 1 aromatic carbocycles. The number of aliphatic hydroxyl groups is 3. The highest BCUT2D eigenvalue weighted by Crippen LogP contribution is 2.61. The number of fused-ring (bicyclic) bond motifs is 3. The number of hydrogen-bond donors (Lipinski definition) is 3. The summed E-state index contributed by atoms with van der Waals surface area (Å²) < 4.78 is 2.13. The fraction of sp³-hybridized carbons (Fsp3) is 0.591. The Kier molecular flexibility index (Phi) is 3.15. The highest BCUT2D eigenvalue weighted by atomic mass is 16.3. The molecule has 5 nitrogen and oxygen atoms in total. The van der Waals surface area contributed by atoms with E-state index in [9.17, 15) is 15.3 Å². The fourth-order valence-electron chi connectivity index (χ4n) is 7.29. The molecule has 0 radical (unpaired) electrons. The molecule has 0 spiro atoms. The Morgan fingerprint density at radius 2 is 1.74 bits per heavy atom. The van der Waals surface area contributed by atoms with Gasteiger partial charge in [-0.15, -0.1) is 0 Å². The van der Waals surface area contributed by atoms with E-state index in [1.165, 1.54) is 5.56 Å². The Morgan fingerprint density at radius 3 is 2.44 bits per heavy atom. The number of imidazole rings is 1. The van der Waals surface area contributed by atoms with Crippen LogP contribution in [0.3, 0.4) is 0 Å². The molecule has 5 heteroatoms. The van der Waals surface area contributed by atoms with Crippen molar-refractivity contribution in [1.82, 2.24) is 9.55 Å². The molecule has 0 amide bonds. The van der Waals surface area contributed by atoms with Crippen LogP contribution >= 0.6 is 0 Å². The second kappa shape index (κ2) is 5.22. The third kappa shape index (κ3) is 2.25. The summed E-state index contributed by atoms with van der Waals surface area (Å²) in [6.45, 7) is 0. The van der Waals surface area contributed by atoms with E-state index in [0.717, 1.165) is 37.1 Å². The van der Waals surface area contributed by atoms with Crippen LogP contribution in [-0.4, -0.2) is 42.2 Å². The molecule has 2 heterocycles. The number of aromatic nitrogens is 2. The average molecular weight is 366 g/mol. The van der Waals surface area contributed by atoms with Gasteiger partial charge < -0.3 is 19.9 Å². The average Bonchev–Trinajstić information content (AvgIpc) is 3.15. The number of hydrogen-bond acceptors (Lipinski definition) is 4. The molecular formula is C22H26N2O3. The lowest BCUT2D eigenvalue weighted by atomic mass is 9.47. The highest BCUT2D eigenvalue weighted by molar-refractivity contribution is 5.53. The van der Waals surface area contributed by atoms with Gasteiger partial charge in [-0.2, -0.15) is 0 Å². The first-order valence-electron chi connectivity index (χ1n) is 10.2. The summed E-state index contributed by atoms with van der Waals surface area (Å²) in [4.78, 5) is 4.32. The first kappa shape index (κ1) is 16.3. The molecule has 4 aliphatic carbocycles. The zero-order valence-corrected chi connectivity index (χ0v) is 15.3. The van der Waals surface area contributed by atoms with Gasteiger partial charge in [-0.25, -0.2) is 4.98 Å². The van der Waals surface area contributed by atoms with Crippen LogP contribution < -0.4 is 0 Å². The lowest BCUT2D eigenvalue weighted by molar-refractivity contribution is -0.232. The summed E-state index contributed by atoms with van der Waals surface area (Å²) in [6.07, 6.45) is 7.46. The van der Waals surface area contributed by atoms with Crippen molar-refractivity contribution in [3.63, 3.8) is 0 Å². The Hall–Kier alpha value is -1.69. The van der Waals surface area contributed by atoms with Crippen molar-refractivity contribution < 1.29 is 15.3 Å². The van der Waals surface area contributed by atoms with Gasteiger partial charge in [0.2, 0.25) is 0 Å².